The smallest absolute Gasteiger partial charge is 0.162 e. The van der Waals surface area contributed by atoms with E-state index in [1.165, 1.54) is 53.6 Å². The van der Waals surface area contributed by atoms with Crippen LogP contribution in [0.3, 0.4) is 0 Å². The molecule has 0 aliphatic carbocycles. The summed E-state index contributed by atoms with van der Waals surface area (Å²) in [6.07, 6.45) is 0. The molecule has 0 atom stereocenters. The van der Waals surface area contributed by atoms with E-state index in [1.54, 1.807) is 11.3 Å². The van der Waals surface area contributed by atoms with E-state index in [4.69, 9.17) is 15.0 Å². The maximum Gasteiger partial charge on any atom is 0.162 e. The number of thiazole rings is 1. The van der Waals surface area contributed by atoms with Gasteiger partial charge >= 0.3 is 0 Å². The highest BCUT2D eigenvalue weighted by Crippen LogP contribution is 2.44. The second kappa shape index (κ2) is 8.40. The number of aromatic nitrogens is 5. The summed E-state index contributed by atoms with van der Waals surface area (Å²) in [5, 5.41) is 8.40. The van der Waals surface area contributed by atoms with Gasteiger partial charge in [0.1, 0.15) is 5.82 Å². The summed E-state index contributed by atoms with van der Waals surface area (Å²) >= 11 is 1.71. The van der Waals surface area contributed by atoms with E-state index in [2.05, 4.69) is 130 Å². The molecule has 45 heavy (non-hydrogen) atoms. The number of nitrogens with zero attached hydrogens (tertiary/aromatic N) is 5. The van der Waals surface area contributed by atoms with Crippen molar-refractivity contribution in [2.24, 2.45) is 0 Å². The lowest BCUT2D eigenvalue weighted by Gasteiger charge is -2.12. The maximum absolute atomic E-state index is 5.36. The molecule has 11 aromatic rings. The summed E-state index contributed by atoms with van der Waals surface area (Å²) in [4.78, 5) is 15.3. The molecule has 0 unspecified atom stereocenters. The van der Waals surface area contributed by atoms with Gasteiger partial charge in [0.2, 0.25) is 0 Å². The summed E-state index contributed by atoms with van der Waals surface area (Å²) < 4.78 is 5.93. The Morgan fingerprint density at radius 2 is 1.16 bits per heavy atom. The molecule has 0 radical (unpaired) electrons. The minimum atomic E-state index is 0.711. The van der Waals surface area contributed by atoms with Gasteiger partial charge in [0.25, 0.3) is 0 Å². The summed E-state index contributed by atoms with van der Waals surface area (Å²) in [6.45, 7) is 0. The van der Waals surface area contributed by atoms with E-state index in [0.29, 0.717) is 5.82 Å². The van der Waals surface area contributed by atoms with Crippen LogP contribution in [0, 0.1) is 0 Å². The van der Waals surface area contributed by atoms with E-state index in [1.807, 2.05) is 5.51 Å². The Morgan fingerprint density at radius 3 is 1.93 bits per heavy atom. The summed E-state index contributed by atoms with van der Waals surface area (Å²) in [5.41, 5.74) is 10.8. The predicted octanol–water partition coefficient (Wildman–Crippen LogP) is 10.2. The average molecular weight is 592 g/mol. The molecule has 0 saturated heterocycles. The molecule has 5 aromatic heterocycles. The molecule has 0 aliphatic rings. The van der Waals surface area contributed by atoms with E-state index in [0.717, 1.165) is 38.8 Å². The van der Waals surface area contributed by atoms with Gasteiger partial charge in [0, 0.05) is 43.3 Å². The SMILES string of the molecule is c1ccc2c(-n3c4ccccc4c4ccccc43)nc(-c3ccc4c(c3)c3c5scnc5cc5c6ccccc6n4c53)nc2c1. The highest BCUT2D eigenvalue weighted by molar-refractivity contribution is 7.18. The third kappa shape index (κ3) is 2.99. The second-order valence-corrected chi connectivity index (χ2v) is 12.5. The second-order valence-electron chi connectivity index (χ2n) is 11.7. The van der Waals surface area contributed by atoms with Gasteiger partial charge in [-0.2, -0.15) is 0 Å². The van der Waals surface area contributed by atoms with Crippen molar-refractivity contribution in [1.29, 1.82) is 0 Å². The molecule has 0 aliphatic heterocycles. The first-order valence-corrected chi connectivity index (χ1v) is 15.9. The zero-order valence-electron chi connectivity index (χ0n) is 23.8. The van der Waals surface area contributed by atoms with Gasteiger partial charge in [-0.15, -0.1) is 11.3 Å². The molecular formula is C39H21N5S. The Kier molecular flexibility index (Phi) is 4.41. The van der Waals surface area contributed by atoms with Crippen molar-refractivity contribution in [3.05, 3.63) is 127 Å². The van der Waals surface area contributed by atoms with E-state index < -0.39 is 0 Å². The topological polar surface area (TPSA) is 48.0 Å². The van der Waals surface area contributed by atoms with Gasteiger partial charge in [-0.05, 0) is 54.6 Å². The minimum Gasteiger partial charge on any atom is -0.308 e. The number of benzene rings is 6. The molecule has 5 heterocycles. The van der Waals surface area contributed by atoms with E-state index >= 15 is 0 Å². The van der Waals surface area contributed by atoms with Crippen molar-refractivity contribution in [3.8, 4) is 17.2 Å². The molecule has 5 nitrogen and oxygen atoms in total. The first-order chi connectivity index (χ1) is 22.3. The number of hydrogen-bond acceptors (Lipinski definition) is 4. The number of rotatable bonds is 2. The van der Waals surface area contributed by atoms with Crippen molar-refractivity contribution in [2.45, 2.75) is 0 Å². The fourth-order valence-electron chi connectivity index (χ4n) is 7.53. The lowest BCUT2D eigenvalue weighted by molar-refractivity contribution is 1.08. The van der Waals surface area contributed by atoms with Crippen LogP contribution in [0.4, 0.5) is 0 Å². The third-order valence-corrected chi connectivity index (χ3v) is 10.3. The van der Waals surface area contributed by atoms with Gasteiger partial charge in [-0.1, -0.05) is 66.7 Å². The van der Waals surface area contributed by atoms with Crippen LogP contribution in [0.2, 0.25) is 0 Å². The van der Waals surface area contributed by atoms with Crippen LogP contribution < -0.4 is 0 Å². The quantitative estimate of drug-likeness (QED) is 0.201. The predicted molar refractivity (Wildman–Crippen MR) is 187 cm³/mol. The lowest BCUT2D eigenvalue weighted by Crippen LogP contribution is -2.02. The van der Waals surface area contributed by atoms with Crippen LogP contribution in [0.15, 0.2) is 127 Å². The molecule has 0 bridgehead atoms. The minimum absolute atomic E-state index is 0.711. The van der Waals surface area contributed by atoms with Gasteiger partial charge in [0.15, 0.2) is 5.82 Å². The van der Waals surface area contributed by atoms with Crippen LogP contribution in [0.1, 0.15) is 0 Å². The number of para-hydroxylation sites is 4. The van der Waals surface area contributed by atoms with Gasteiger partial charge in [-0.3, -0.25) is 4.57 Å². The van der Waals surface area contributed by atoms with Gasteiger partial charge in [-0.25, -0.2) is 15.0 Å². The number of fused-ring (bicyclic) bond motifs is 12. The van der Waals surface area contributed by atoms with E-state index in [-0.39, 0.29) is 0 Å². The van der Waals surface area contributed by atoms with Crippen LogP contribution in [0.25, 0.3) is 98.2 Å². The van der Waals surface area contributed by atoms with Crippen LogP contribution in [-0.2, 0) is 0 Å². The molecule has 0 spiro atoms. The van der Waals surface area contributed by atoms with Crippen molar-refractivity contribution in [3.63, 3.8) is 0 Å². The normalized spacial score (nSPS) is 12.4. The fraction of sp³-hybridized carbons (Fsp3) is 0. The van der Waals surface area contributed by atoms with Crippen molar-refractivity contribution >= 4 is 92.4 Å². The average Bonchev–Trinajstić information content (AvgIpc) is 3.86. The van der Waals surface area contributed by atoms with Crippen molar-refractivity contribution in [2.75, 3.05) is 0 Å². The zero-order chi connectivity index (χ0) is 29.2. The Bertz CT molecular complexity index is 2950. The maximum atomic E-state index is 5.36. The fourth-order valence-corrected chi connectivity index (χ4v) is 8.36. The molecule has 0 amide bonds. The first kappa shape index (κ1) is 23.6. The summed E-state index contributed by atoms with van der Waals surface area (Å²) in [7, 11) is 0. The highest BCUT2D eigenvalue weighted by atomic mass is 32.1. The first-order valence-electron chi connectivity index (χ1n) is 15.0. The van der Waals surface area contributed by atoms with Crippen LogP contribution >= 0.6 is 11.3 Å². The van der Waals surface area contributed by atoms with E-state index in [9.17, 15) is 0 Å². The summed E-state index contributed by atoms with van der Waals surface area (Å²) in [5.74, 6) is 1.60. The zero-order valence-corrected chi connectivity index (χ0v) is 24.6. The Hall–Kier alpha value is -5.85. The van der Waals surface area contributed by atoms with Gasteiger partial charge < -0.3 is 4.40 Å². The summed E-state index contributed by atoms with van der Waals surface area (Å²) in [6, 6.07) is 43.1. The van der Waals surface area contributed by atoms with Crippen LogP contribution in [0.5, 0.6) is 0 Å². The molecule has 11 rings (SSSR count). The molecule has 6 heteroatoms. The molecule has 0 saturated carbocycles. The number of hydrogen-bond donors (Lipinski definition) is 0. The molecule has 0 fully saturated rings. The standard InChI is InChI=1S/C39H21N5S/c1-5-13-29-26(12-1)39(44-32-15-7-2-9-23(32)24-10-3-8-16-33(24)44)42-38(41-29)22-17-18-34-28(19-22)35-36-27(20-30-37(35)45-21-40-30)25-11-4-6-14-31(25)43(34)36/h1-21H. The molecule has 0 N–H and O–H groups in total. The van der Waals surface area contributed by atoms with Gasteiger partial charge in [0.05, 0.1) is 48.8 Å². The Morgan fingerprint density at radius 1 is 0.511 bits per heavy atom. The molecule has 208 valence electrons. The largest absolute Gasteiger partial charge is 0.308 e. The third-order valence-electron chi connectivity index (χ3n) is 9.39. The Labute approximate surface area is 259 Å². The lowest BCUT2D eigenvalue weighted by atomic mass is 10.0. The van der Waals surface area contributed by atoms with Crippen molar-refractivity contribution in [1.82, 2.24) is 23.9 Å². The monoisotopic (exact) mass is 591 g/mol. The highest BCUT2D eigenvalue weighted by Gasteiger charge is 2.22. The van der Waals surface area contributed by atoms with Crippen molar-refractivity contribution < 1.29 is 0 Å². The Balaban J connectivity index is 1.25. The van der Waals surface area contributed by atoms with Crippen LogP contribution in [-0.4, -0.2) is 23.9 Å². The molecular weight excluding hydrogens is 571 g/mol. The molecule has 6 aromatic carbocycles.